The first kappa shape index (κ1) is 17.9. The number of benzene rings is 1. The van der Waals surface area contributed by atoms with E-state index in [1.807, 2.05) is 12.1 Å². The molecule has 1 amide bonds. The minimum absolute atomic E-state index is 0.203. The zero-order chi connectivity index (χ0) is 17.6. The molecule has 2 aromatic rings. The van der Waals surface area contributed by atoms with Crippen LogP contribution in [0.15, 0.2) is 42.6 Å². The Labute approximate surface area is 154 Å². The van der Waals surface area contributed by atoms with Crippen molar-refractivity contribution in [2.45, 2.75) is 51.4 Å². The van der Waals surface area contributed by atoms with Gasteiger partial charge in [-0.3, -0.25) is 4.79 Å². The van der Waals surface area contributed by atoms with E-state index in [4.69, 9.17) is 11.6 Å². The molecule has 0 bridgehead atoms. The molecule has 1 aromatic heterocycles. The number of nitrogens with one attached hydrogen (secondary N) is 1. The highest BCUT2D eigenvalue weighted by Gasteiger charge is 2.38. The molecule has 1 saturated carbocycles. The number of aromatic nitrogens is 1. The lowest BCUT2D eigenvalue weighted by molar-refractivity contribution is 0.102. The van der Waals surface area contributed by atoms with Crippen molar-refractivity contribution in [3.05, 3.63) is 58.9 Å². The van der Waals surface area contributed by atoms with Crippen LogP contribution in [0.5, 0.6) is 0 Å². The fraction of sp³-hybridized carbons (Fsp3) is 0.429. The van der Waals surface area contributed by atoms with Crippen LogP contribution in [-0.2, 0) is 0 Å². The van der Waals surface area contributed by atoms with Gasteiger partial charge in [-0.25, -0.2) is 4.98 Å². The molecular weight excluding hydrogens is 332 g/mol. The summed E-state index contributed by atoms with van der Waals surface area (Å²) in [4.78, 5) is 16.5. The third kappa shape index (κ3) is 4.60. The first-order valence-corrected chi connectivity index (χ1v) is 9.59. The Kier molecular flexibility index (Phi) is 6.09. The van der Waals surface area contributed by atoms with Gasteiger partial charge in [-0.15, -0.1) is 0 Å². The molecule has 3 nitrogen and oxygen atoms in total. The molecule has 132 valence electrons. The highest BCUT2D eigenvalue weighted by Crippen LogP contribution is 2.52. The monoisotopic (exact) mass is 356 g/mol. The molecule has 1 aliphatic rings. The number of anilines is 1. The van der Waals surface area contributed by atoms with Crippen molar-refractivity contribution in [3.8, 4) is 0 Å². The molecule has 1 heterocycles. The average molecular weight is 357 g/mol. The van der Waals surface area contributed by atoms with E-state index < -0.39 is 0 Å². The number of rotatable bonds is 8. The van der Waals surface area contributed by atoms with E-state index in [1.54, 1.807) is 18.3 Å². The number of carbonyl (C=O) groups is 1. The third-order valence-electron chi connectivity index (χ3n) is 4.96. The van der Waals surface area contributed by atoms with Gasteiger partial charge in [-0.1, -0.05) is 62.4 Å². The molecule has 4 heteroatoms. The predicted molar refractivity (Wildman–Crippen MR) is 103 cm³/mol. The first-order valence-electron chi connectivity index (χ1n) is 9.21. The van der Waals surface area contributed by atoms with Gasteiger partial charge in [0.05, 0.1) is 5.56 Å². The van der Waals surface area contributed by atoms with E-state index in [0.29, 0.717) is 11.5 Å². The summed E-state index contributed by atoms with van der Waals surface area (Å²) >= 11 is 6.03. The molecule has 1 fully saturated rings. The molecule has 0 radical (unpaired) electrons. The van der Waals surface area contributed by atoms with E-state index in [9.17, 15) is 4.79 Å². The number of carbonyl (C=O) groups excluding carboxylic acids is 1. The van der Waals surface area contributed by atoms with Crippen molar-refractivity contribution < 1.29 is 4.79 Å². The van der Waals surface area contributed by atoms with Gasteiger partial charge in [0.1, 0.15) is 5.15 Å². The number of halogens is 1. The van der Waals surface area contributed by atoms with Crippen molar-refractivity contribution in [2.24, 2.45) is 5.92 Å². The smallest absolute Gasteiger partial charge is 0.258 e. The first-order chi connectivity index (χ1) is 12.2. The normalized spacial score (nSPS) is 18.8. The molecule has 0 aliphatic heterocycles. The second-order valence-corrected chi connectivity index (χ2v) is 7.19. The van der Waals surface area contributed by atoms with Gasteiger partial charge in [0, 0.05) is 11.9 Å². The van der Waals surface area contributed by atoms with Crippen LogP contribution in [0, 0.1) is 5.92 Å². The van der Waals surface area contributed by atoms with Gasteiger partial charge in [0.25, 0.3) is 5.91 Å². The van der Waals surface area contributed by atoms with Crippen LogP contribution in [0.1, 0.15) is 67.3 Å². The summed E-state index contributed by atoms with van der Waals surface area (Å²) in [6, 6.07) is 11.5. The lowest BCUT2D eigenvalue weighted by atomic mass is 10.0. The zero-order valence-electron chi connectivity index (χ0n) is 14.7. The summed E-state index contributed by atoms with van der Waals surface area (Å²) in [6.45, 7) is 2.24. The molecule has 0 spiro atoms. The van der Waals surface area contributed by atoms with E-state index in [2.05, 4.69) is 29.4 Å². The fourth-order valence-electron chi connectivity index (χ4n) is 3.46. The summed E-state index contributed by atoms with van der Waals surface area (Å²) in [6.07, 6.45) is 9.36. The fourth-order valence-corrected chi connectivity index (χ4v) is 3.67. The van der Waals surface area contributed by atoms with E-state index >= 15 is 0 Å². The number of unbranched alkanes of at least 4 members (excludes halogenated alkanes) is 3. The second kappa shape index (κ2) is 8.48. The maximum Gasteiger partial charge on any atom is 0.258 e. The summed E-state index contributed by atoms with van der Waals surface area (Å²) in [5.74, 6) is 1.13. The summed E-state index contributed by atoms with van der Waals surface area (Å²) < 4.78 is 0. The summed E-state index contributed by atoms with van der Waals surface area (Å²) in [7, 11) is 0. The SMILES string of the molecule is CCCCCCC1CC1c1ccccc1NC(=O)c1cccnc1Cl. The van der Waals surface area contributed by atoms with Gasteiger partial charge in [0.2, 0.25) is 0 Å². The number of amides is 1. The van der Waals surface area contributed by atoms with Gasteiger partial charge in [-0.05, 0) is 48.4 Å². The largest absolute Gasteiger partial charge is 0.322 e. The van der Waals surface area contributed by atoms with Crippen LogP contribution in [0.3, 0.4) is 0 Å². The lowest BCUT2D eigenvalue weighted by Gasteiger charge is -2.11. The highest BCUT2D eigenvalue weighted by molar-refractivity contribution is 6.33. The average Bonchev–Trinajstić information content (AvgIpc) is 3.39. The summed E-state index contributed by atoms with van der Waals surface area (Å²) in [5, 5.41) is 3.26. The van der Waals surface area contributed by atoms with Gasteiger partial charge in [0.15, 0.2) is 0 Å². The van der Waals surface area contributed by atoms with Gasteiger partial charge >= 0.3 is 0 Å². The molecule has 1 aromatic carbocycles. The molecule has 1 aliphatic carbocycles. The number of hydrogen-bond acceptors (Lipinski definition) is 2. The molecule has 25 heavy (non-hydrogen) atoms. The van der Waals surface area contributed by atoms with Crippen molar-refractivity contribution in [1.29, 1.82) is 0 Å². The van der Waals surface area contributed by atoms with Crippen LogP contribution in [0.4, 0.5) is 5.69 Å². The molecule has 3 rings (SSSR count). The zero-order valence-corrected chi connectivity index (χ0v) is 15.4. The van der Waals surface area contributed by atoms with Gasteiger partial charge < -0.3 is 5.32 Å². The molecular formula is C21H25ClN2O. The molecule has 2 unspecified atom stereocenters. The predicted octanol–water partition coefficient (Wildman–Crippen LogP) is 6.06. The van der Waals surface area contributed by atoms with Crippen LogP contribution in [0.25, 0.3) is 0 Å². The minimum Gasteiger partial charge on any atom is -0.322 e. The standard InChI is InChI=1S/C21H25ClN2O/c1-2-3-4-5-9-15-14-18(15)16-10-6-7-12-19(16)24-21(25)17-11-8-13-23-20(17)22/h6-8,10-13,15,18H,2-5,9,14H2,1H3,(H,24,25). The number of hydrogen-bond donors (Lipinski definition) is 1. The summed E-state index contributed by atoms with van der Waals surface area (Å²) in [5.41, 5.74) is 2.55. The van der Waals surface area contributed by atoms with Crippen molar-refractivity contribution >= 4 is 23.2 Å². The van der Waals surface area contributed by atoms with E-state index in [0.717, 1.165) is 11.6 Å². The number of nitrogens with zero attached hydrogens (tertiary/aromatic N) is 1. The Morgan fingerprint density at radius 1 is 1.20 bits per heavy atom. The Morgan fingerprint density at radius 2 is 2.04 bits per heavy atom. The topological polar surface area (TPSA) is 42.0 Å². The van der Waals surface area contributed by atoms with Crippen molar-refractivity contribution in [3.63, 3.8) is 0 Å². The maximum atomic E-state index is 12.5. The van der Waals surface area contributed by atoms with E-state index in [1.165, 1.54) is 44.1 Å². The second-order valence-electron chi connectivity index (χ2n) is 6.83. The van der Waals surface area contributed by atoms with E-state index in [-0.39, 0.29) is 11.1 Å². The van der Waals surface area contributed by atoms with Crippen LogP contribution in [-0.4, -0.2) is 10.9 Å². The number of pyridine rings is 1. The molecule has 2 atom stereocenters. The molecule has 1 N–H and O–H groups in total. The van der Waals surface area contributed by atoms with Gasteiger partial charge in [-0.2, -0.15) is 0 Å². The quantitative estimate of drug-likeness (QED) is 0.461. The highest BCUT2D eigenvalue weighted by atomic mass is 35.5. The molecule has 0 saturated heterocycles. The van der Waals surface area contributed by atoms with Crippen molar-refractivity contribution in [1.82, 2.24) is 4.98 Å². The maximum absolute atomic E-state index is 12.5. The lowest BCUT2D eigenvalue weighted by Crippen LogP contribution is -2.14. The third-order valence-corrected chi connectivity index (χ3v) is 5.26. The Balaban J connectivity index is 1.64. The number of para-hydroxylation sites is 1. The Morgan fingerprint density at radius 3 is 2.84 bits per heavy atom. The van der Waals surface area contributed by atoms with Crippen molar-refractivity contribution in [2.75, 3.05) is 5.32 Å². The van der Waals surface area contributed by atoms with Crippen LogP contribution < -0.4 is 5.32 Å². The Hall–Kier alpha value is -1.87. The Bertz CT molecular complexity index is 731. The van der Waals surface area contributed by atoms with Crippen LogP contribution in [0.2, 0.25) is 5.15 Å². The van der Waals surface area contributed by atoms with Crippen LogP contribution >= 0.6 is 11.6 Å². The minimum atomic E-state index is -0.203.